The van der Waals surface area contributed by atoms with Gasteiger partial charge in [0.2, 0.25) is 11.6 Å². The van der Waals surface area contributed by atoms with Crippen molar-refractivity contribution in [2.75, 3.05) is 6.61 Å². The van der Waals surface area contributed by atoms with Gasteiger partial charge in [-0.1, -0.05) is 0 Å². The van der Waals surface area contributed by atoms with E-state index >= 15 is 0 Å². The number of carboxylic acids is 1. The monoisotopic (exact) mass is 423 g/mol. The number of carboxylic acid groups (broad SMARTS) is 1. The molecule has 0 saturated carbocycles. The van der Waals surface area contributed by atoms with Crippen LogP contribution in [0.1, 0.15) is 40.0 Å². The Balaban J connectivity index is 2.88. The molecular formula is C18H21F4NO6. The molecule has 0 aliphatic carbocycles. The van der Waals surface area contributed by atoms with Crippen LogP contribution < -0.4 is 10.1 Å². The van der Waals surface area contributed by atoms with Gasteiger partial charge in [-0.15, -0.1) is 0 Å². The van der Waals surface area contributed by atoms with Gasteiger partial charge in [0, 0.05) is 12.5 Å². The molecule has 1 rings (SSSR count). The van der Waals surface area contributed by atoms with Crippen LogP contribution >= 0.6 is 0 Å². The Morgan fingerprint density at radius 2 is 1.66 bits per heavy atom. The Hall–Kier alpha value is -2.85. The van der Waals surface area contributed by atoms with Gasteiger partial charge in [0.25, 0.3) is 0 Å². The highest BCUT2D eigenvalue weighted by atomic mass is 19.2. The minimum atomic E-state index is -1.82. The second-order valence-corrected chi connectivity index (χ2v) is 7.04. The number of hydrogen-bond acceptors (Lipinski definition) is 5. The summed E-state index contributed by atoms with van der Waals surface area (Å²) in [6, 6.07) is -1.33. The summed E-state index contributed by atoms with van der Waals surface area (Å²) < 4.78 is 63.2. The van der Waals surface area contributed by atoms with Gasteiger partial charge in [0.1, 0.15) is 12.2 Å². The van der Waals surface area contributed by atoms with Crippen LogP contribution in [0, 0.1) is 23.3 Å². The average Bonchev–Trinajstić information content (AvgIpc) is 2.57. The first-order valence-electron chi connectivity index (χ1n) is 8.51. The Bertz CT molecular complexity index is 752. The molecule has 0 heterocycles. The number of aliphatic carboxylic acids is 1. The molecule has 11 heteroatoms. The van der Waals surface area contributed by atoms with Crippen LogP contribution in [0.15, 0.2) is 6.07 Å². The van der Waals surface area contributed by atoms with Crippen molar-refractivity contribution >= 4 is 17.8 Å². The summed E-state index contributed by atoms with van der Waals surface area (Å²) >= 11 is 0. The summed E-state index contributed by atoms with van der Waals surface area (Å²) in [6.07, 6.45) is -1.45. The number of Topliss-reactive ketones (excluding diaryl/α,β-unsaturated/α-hetero) is 1. The van der Waals surface area contributed by atoms with Crippen molar-refractivity contribution in [3.63, 3.8) is 0 Å². The summed E-state index contributed by atoms with van der Waals surface area (Å²) in [6.45, 7) is 3.67. The van der Waals surface area contributed by atoms with Gasteiger partial charge in [-0.25, -0.2) is 13.6 Å². The second-order valence-electron chi connectivity index (χ2n) is 7.04. The maximum atomic E-state index is 13.6. The summed E-state index contributed by atoms with van der Waals surface area (Å²) in [5.74, 6) is -10.5. The zero-order valence-corrected chi connectivity index (χ0v) is 16.0. The number of carbonyl (C=O) groups is 3. The molecule has 1 aromatic carbocycles. The molecule has 0 spiro atoms. The zero-order valence-electron chi connectivity index (χ0n) is 16.0. The van der Waals surface area contributed by atoms with Gasteiger partial charge in [0.15, 0.2) is 23.2 Å². The van der Waals surface area contributed by atoms with Gasteiger partial charge in [-0.05, 0) is 33.6 Å². The summed E-state index contributed by atoms with van der Waals surface area (Å²) in [5, 5.41) is 10.9. The Morgan fingerprint density at radius 1 is 1.10 bits per heavy atom. The normalized spacial score (nSPS) is 12.2. The number of rotatable bonds is 9. The van der Waals surface area contributed by atoms with E-state index in [4.69, 9.17) is 9.84 Å². The van der Waals surface area contributed by atoms with Crippen molar-refractivity contribution in [1.82, 2.24) is 5.32 Å². The smallest absolute Gasteiger partial charge is 0.408 e. The number of benzene rings is 1. The van der Waals surface area contributed by atoms with E-state index in [0.717, 1.165) is 0 Å². The molecule has 1 amide bonds. The third kappa shape index (κ3) is 7.96. The van der Waals surface area contributed by atoms with E-state index in [2.05, 4.69) is 10.1 Å². The predicted molar refractivity (Wildman–Crippen MR) is 91.4 cm³/mol. The molecule has 0 aliphatic rings. The van der Waals surface area contributed by atoms with E-state index < -0.39 is 65.1 Å². The molecule has 0 radical (unpaired) electrons. The largest absolute Gasteiger partial charge is 0.481 e. The lowest BCUT2D eigenvalue weighted by Gasteiger charge is -2.23. The maximum Gasteiger partial charge on any atom is 0.408 e. The van der Waals surface area contributed by atoms with E-state index in [9.17, 15) is 31.9 Å². The van der Waals surface area contributed by atoms with E-state index in [1.807, 2.05) is 0 Å². The van der Waals surface area contributed by atoms with E-state index in [1.165, 1.54) is 0 Å². The fourth-order valence-electron chi connectivity index (χ4n) is 2.14. The van der Waals surface area contributed by atoms with Crippen molar-refractivity contribution in [2.24, 2.45) is 0 Å². The van der Waals surface area contributed by atoms with Crippen molar-refractivity contribution in [1.29, 1.82) is 0 Å². The summed E-state index contributed by atoms with van der Waals surface area (Å²) in [7, 11) is 0. The van der Waals surface area contributed by atoms with Crippen molar-refractivity contribution in [2.45, 2.75) is 51.7 Å². The van der Waals surface area contributed by atoms with Crippen molar-refractivity contribution < 1.29 is 46.5 Å². The van der Waals surface area contributed by atoms with Crippen LogP contribution in [0.25, 0.3) is 0 Å². The molecule has 1 aromatic rings. The first-order valence-corrected chi connectivity index (χ1v) is 8.51. The lowest BCUT2D eigenvalue weighted by atomic mass is 10.1. The highest BCUT2D eigenvalue weighted by Crippen LogP contribution is 2.26. The van der Waals surface area contributed by atoms with Crippen LogP contribution in [0.3, 0.4) is 0 Å². The molecule has 0 aromatic heterocycles. The first-order chi connectivity index (χ1) is 13.3. The number of ketones is 1. The molecule has 162 valence electrons. The third-order valence-electron chi connectivity index (χ3n) is 3.39. The molecule has 0 saturated heterocycles. The van der Waals surface area contributed by atoms with Crippen molar-refractivity contribution in [3.05, 3.63) is 29.3 Å². The first kappa shape index (κ1) is 24.2. The average molecular weight is 423 g/mol. The minimum absolute atomic E-state index is 0.0150. The summed E-state index contributed by atoms with van der Waals surface area (Å²) in [5.41, 5.74) is -0.888. The second kappa shape index (κ2) is 10.1. The van der Waals surface area contributed by atoms with Crippen LogP contribution in [0.5, 0.6) is 5.75 Å². The molecular weight excluding hydrogens is 402 g/mol. The number of ether oxygens (including phenoxy) is 2. The molecule has 2 N–H and O–H groups in total. The molecule has 0 aliphatic heterocycles. The van der Waals surface area contributed by atoms with Gasteiger partial charge in [-0.3, -0.25) is 9.59 Å². The van der Waals surface area contributed by atoms with Gasteiger partial charge < -0.3 is 19.9 Å². The SMILES string of the molecule is CC(C)(C)OC(=O)N[C@@H](CCCC(=O)O)C(=O)COc1c(F)c(F)cc(F)c1F. The maximum absolute atomic E-state index is 13.6. The van der Waals surface area contributed by atoms with E-state index in [1.54, 1.807) is 20.8 Å². The molecule has 1 atom stereocenters. The number of hydrogen-bond donors (Lipinski definition) is 2. The van der Waals surface area contributed by atoms with Crippen LogP contribution in [-0.4, -0.2) is 41.2 Å². The quantitative estimate of drug-likeness (QED) is 0.467. The number of amides is 1. The molecule has 0 fully saturated rings. The van der Waals surface area contributed by atoms with E-state index in [-0.39, 0.29) is 25.3 Å². The van der Waals surface area contributed by atoms with Crippen LogP contribution in [0.2, 0.25) is 0 Å². The molecule has 7 nitrogen and oxygen atoms in total. The highest BCUT2D eigenvalue weighted by molar-refractivity contribution is 5.88. The Morgan fingerprint density at radius 3 is 2.14 bits per heavy atom. The standard InChI is InChI=1S/C18H21F4NO6/c1-18(2,3)29-17(27)23-11(5-4-6-13(25)26)12(24)8-28-16-14(21)9(19)7-10(20)15(16)22/h7,11H,4-6,8H2,1-3H3,(H,23,27)(H,25,26)/t11-/m0/s1. The van der Waals surface area contributed by atoms with Gasteiger partial charge in [0.05, 0.1) is 6.04 Å². The molecule has 0 unspecified atom stereocenters. The molecule has 29 heavy (non-hydrogen) atoms. The minimum Gasteiger partial charge on any atom is -0.481 e. The highest BCUT2D eigenvalue weighted by Gasteiger charge is 2.27. The van der Waals surface area contributed by atoms with Crippen LogP contribution in [0.4, 0.5) is 22.4 Å². The predicted octanol–water partition coefficient (Wildman–Crippen LogP) is 3.34. The lowest BCUT2D eigenvalue weighted by molar-refractivity contribution is -0.137. The summed E-state index contributed by atoms with van der Waals surface area (Å²) in [4.78, 5) is 34.8. The number of carbonyl (C=O) groups excluding carboxylic acids is 2. The lowest BCUT2D eigenvalue weighted by Crippen LogP contribution is -2.45. The topological polar surface area (TPSA) is 102 Å². The zero-order chi connectivity index (χ0) is 22.4. The Kier molecular flexibility index (Phi) is 8.41. The van der Waals surface area contributed by atoms with Crippen molar-refractivity contribution in [3.8, 4) is 5.75 Å². The van der Waals surface area contributed by atoms with Crippen LogP contribution in [-0.2, 0) is 14.3 Å². The molecule has 0 bridgehead atoms. The number of nitrogens with one attached hydrogen (secondary N) is 1. The fraction of sp³-hybridized carbons (Fsp3) is 0.500. The Labute approximate surface area is 164 Å². The third-order valence-corrected chi connectivity index (χ3v) is 3.39. The van der Waals surface area contributed by atoms with Gasteiger partial charge in [-0.2, -0.15) is 8.78 Å². The van der Waals surface area contributed by atoms with E-state index in [0.29, 0.717) is 0 Å². The number of alkyl carbamates (subject to hydrolysis) is 1. The fourth-order valence-corrected chi connectivity index (χ4v) is 2.14. The number of halogens is 4. The van der Waals surface area contributed by atoms with Gasteiger partial charge >= 0.3 is 12.1 Å².